The molecule has 8 aromatic rings. The maximum atomic E-state index is 6.99. The minimum absolute atomic E-state index is 0.0747. The van der Waals surface area contributed by atoms with Crippen molar-refractivity contribution in [3.63, 3.8) is 0 Å². The van der Waals surface area contributed by atoms with Gasteiger partial charge in [0.1, 0.15) is 11.2 Å². The Labute approximate surface area is 363 Å². The Morgan fingerprint density at radius 1 is 0.613 bits per heavy atom. The zero-order valence-electron chi connectivity index (χ0n) is 35.3. The molecule has 1 aromatic heterocycles. The van der Waals surface area contributed by atoms with Crippen LogP contribution in [0.3, 0.4) is 0 Å². The lowest BCUT2D eigenvalue weighted by Crippen LogP contribution is -2.18. The predicted molar refractivity (Wildman–Crippen MR) is 261 cm³/mol. The quantitative estimate of drug-likeness (QED) is 0.175. The molecule has 0 N–H and O–H groups in total. The summed E-state index contributed by atoms with van der Waals surface area (Å²) >= 11 is 0. The third-order valence-corrected chi connectivity index (χ3v) is 13.2. The molecule has 0 amide bonds. The van der Waals surface area contributed by atoms with Crippen LogP contribution in [0.5, 0.6) is 0 Å². The van der Waals surface area contributed by atoms with Crippen LogP contribution in [0.1, 0.15) is 66.8 Å². The number of nitrogens with zero attached hydrogens (tertiary/aromatic N) is 2. The molecule has 3 unspecified atom stereocenters. The largest absolute Gasteiger partial charge is 0.456 e. The van der Waals surface area contributed by atoms with Crippen LogP contribution in [0.25, 0.3) is 54.6 Å². The van der Waals surface area contributed by atoms with Crippen LogP contribution in [0.15, 0.2) is 214 Å². The van der Waals surface area contributed by atoms with E-state index in [0.29, 0.717) is 0 Å². The third kappa shape index (κ3) is 6.98. The first-order chi connectivity index (χ1) is 30.6. The molecule has 0 saturated heterocycles. The Hall–Kier alpha value is -7.10. The van der Waals surface area contributed by atoms with Crippen molar-refractivity contribution in [3.8, 4) is 11.1 Å². The molecule has 3 nitrogen and oxygen atoms in total. The molecule has 7 aromatic carbocycles. The fraction of sp³-hybridized carbons (Fsp3) is 0.153. The Balaban J connectivity index is 1.14. The summed E-state index contributed by atoms with van der Waals surface area (Å²) in [5, 5.41) is 7.15. The van der Waals surface area contributed by atoms with Gasteiger partial charge in [-0.1, -0.05) is 172 Å². The van der Waals surface area contributed by atoms with Crippen molar-refractivity contribution >= 4 is 55.0 Å². The number of hydrogen-bond donors (Lipinski definition) is 0. The van der Waals surface area contributed by atoms with E-state index in [1.54, 1.807) is 0 Å². The van der Waals surface area contributed by atoms with Crippen molar-refractivity contribution in [1.82, 2.24) is 0 Å². The maximum absolute atomic E-state index is 6.99. The number of hydrogen-bond acceptors (Lipinski definition) is 3. The van der Waals surface area contributed by atoms with Gasteiger partial charge in [0.15, 0.2) is 5.84 Å². The van der Waals surface area contributed by atoms with Gasteiger partial charge in [0.25, 0.3) is 0 Å². The third-order valence-electron chi connectivity index (χ3n) is 13.2. The van der Waals surface area contributed by atoms with Crippen LogP contribution >= 0.6 is 0 Å². The lowest BCUT2D eigenvalue weighted by atomic mass is 9.82. The first kappa shape index (κ1) is 37.9. The predicted octanol–water partition coefficient (Wildman–Crippen LogP) is 15.4. The first-order valence-electron chi connectivity index (χ1n) is 22.2. The summed E-state index contributed by atoms with van der Waals surface area (Å²) in [6, 6.07) is 51.0. The van der Waals surface area contributed by atoms with Crippen LogP contribution in [0.2, 0.25) is 0 Å². The molecule has 3 aliphatic rings. The van der Waals surface area contributed by atoms with E-state index in [-0.39, 0.29) is 17.8 Å². The number of furan rings is 1. The molecule has 0 radical (unpaired) electrons. The van der Waals surface area contributed by atoms with Gasteiger partial charge in [0.2, 0.25) is 0 Å². The number of allylic oxidation sites excluding steroid dienone is 9. The maximum Gasteiger partial charge on any atom is 0.160 e. The molecule has 0 fully saturated rings. The van der Waals surface area contributed by atoms with Gasteiger partial charge in [0, 0.05) is 39.7 Å². The summed E-state index contributed by atoms with van der Waals surface area (Å²) < 4.78 is 6.99. The van der Waals surface area contributed by atoms with Crippen molar-refractivity contribution in [1.29, 1.82) is 0 Å². The molecule has 0 spiro atoms. The summed E-state index contributed by atoms with van der Waals surface area (Å²) in [5.41, 5.74) is 13.7. The molecule has 300 valence electrons. The van der Waals surface area contributed by atoms with Crippen LogP contribution in [0.4, 0.5) is 0 Å². The second-order valence-corrected chi connectivity index (χ2v) is 17.2. The smallest absolute Gasteiger partial charge is 0.160 e. The number of aryl methyl sites for hydroxylation is 1. The lowest BCUT2D eigenvalue weighted by Gasteiger charge is -2.23. The fourth-order valence-corrected chi connectivity index (χ4v) is 9.93. The van der Waals surface area contributed by atoms with E-state index in [2.05, 4.69) is 202 Å². The van der Waals surface area contributed by atoms with E-state index < -0.39 is 0 Å². The normalized spacial score (nSPS) is 24.1. The summed E-state index contributed by atoms with van der Waals surface area (Å²) in [6.07, 6.45) is 21.3. The van der Waals surface area contributed by atoms with Crippen LogP contribution < -0.4 is 0 Å². The molecule has 1 aliphatic heterocycles. The number of benzene rings is 7. The van der Waals surface area contributed by atoms with Gasteiger partial charge < -0.3 is 4.42 Å². The van der Waals surface area contributed by atoms with Gasteiger partial charge >= 0.3 is 0 Å². The van der Waals surface area contributed by atoms with Crippen LogP contribution in [-0.4, -0.2) is 11.5 Å². The van der Waals surface area contributed by atoms with E-state index in [4.69, 9.17) is 14.4 Å². The van der Waals surface area contributed by atoms with Crippen molar-refractivity contribution < 1.29 is 4.42 Å². The molecular formula is C59H48N2O. The molecule has 11 rings (SSSR count). The minimum Gasteiger partial charge on any atom is -0.456 e. The zero-order chi connectivity index (χ0) is 41.6. The summed E-state index contributed by atoms with van der Waals surface area (Å²) in [6.45, 7) is 4.58. The average molecular weight is 801 g/mol. The fourth-order valence-electron chi connectivity index (χ4n) is 9.93. The van der Waals surface area contributed by atoms with Gasteiger partial charge in [-0.05, 0) is 111 Å². The van der Waals surface area contributed by atoms with Crippen LogP contribution in [-0.2, 0) is 6.42 Å². The molecule has 0 saturated carbocycles. The Morgan fingerprint density at radius 3 is 2.18 bits per heavy atom. The molecule has 2 heterocycles. The van der Waals surface area contributed by atoms with Crippen molar-refractivity contribution in [2.45, 2.75) is 45.4 Å². The summed E-state index contributed by atoms with van der Waals surface area (Å²) in [4.78, 5) is 11.2. The Kier molecular flexibility index (Phi) is 9.81. The van der Waals surface area contributed by atoms with E-state index >= 15 is 0 Å². The highest BCUT2D eigenvalue weighted by Gasteiger charge is 2.29. The highest BCUT2D eigenvalue weighted by atomic mass is 16.3. The van der Waals surface area contributed by atoms with E-state index in [9.17, 15) is 0 Å². The number of fused-ring (bicyclic) bond motifs is 8. The molecule has 62 heavy (non-hydrogen) atoms. The van der Waals surface area contributed by atoms with Crippen molar-refractivity contribution in [3.05, 3.63) is 227 Å². The minimum atomic E-state index is 0.0747. The average Bonchev–Trinajstić information content (AvgIpc) is 3.58. The molecule has 0 bridgehead atoms. The monoisotopic (exact) mass is 800 g/mol. The number of aliphatic imine (C=N–C) groups is 2. The first-order valence-corrected chi connectivity index (χ1v) is 22.2. The van der Waals surface area contributed by atoms with Crippen molar-refractivity contribution in [2.24, 2.45) is 21.8 Å². The van der Waals surface area contributed by atoms with E-state index in [0.717, 1.165) is 76.0 Å². The van der Waals surface area contributed by atoms with E-state index in [1.807, 2.05) is 0 Å². The van der Waals surface area contributed by atoms with Gasteiger partial charge in [0.05, 0.1) is 11.4 Å². The van der Waals surface area contributed by atoms with Gasteiger partial charge in [-0.2, -0.15) is 0 Å². The summed E-state index contributed by atoms with van der Waals surface area (Å²) in [7, 11) is 0. The molecular weight excluding hydrogens is 753 g/mol. The Morgan fingerprint density at radius 2 is 1.34 bits per heavy atom. The van der Waals surface area contributed by atoms with Gasteiger partial charge in [-0.3, -0.25) is 0 Å². The van der Waals surface area contributed by atoms with Crippen LogP contribution in [0, 0.1) is 11.8 Å². The van der Waals surface area contributed by atoms with E-state index in [1.165, 1.54) is 54.9 Å². The van der Waals surface area contributed by atoms with Gasteiger partial charge in [-0.15, -0.1) is 0 Å². The lowest BCUT2D eigenvalue weighted by molar-refractivity contribution is 0.665. The highest BCUT2D eigenvalue weighted by Crippen LogP contribution is 2.45. The SMILES string of the molecule is CC1/C=C\C=C/C\C=C/C=C1/C1=C\CC(C)\C(c2cc(C3CCc4cc5ccccc5cc4-c4ccccc43)cc3oc4cc5ccccc5cc4c23)=N/C(c2ccccc2)=N\1. The molecule has 3 heteroatoms. The number of rotatable bonds is 4. The highest BCUT2D eigenvalue weighted by molar-refractivity contribution is 6.23. The van der Waals surface area contributed by atoms with Gasteiger partial charge in [-0.25, -0.2) is 9.98 Å². The topological polar surface area (TPSA) is 37.9 Å². The Bertz CT molecular complexity index is 3280. The summed E-state index contributed by atoms with van der Waals surface area (Å²) in [5.74, 6) is 1.11. The molecule has 3 atom stereocenters. The second kappa shape index (κ2) is 16.1. The second-order valence-electron chi connectivity index (χ2n) is 17.2. The van der Waals surface area contributed by atoms with Crippen molar-refractivity contribution in [2.75, 3.05) is 0 Å². The zero-order valence-corrected chi connectivity index (χ0v) is 35.3. The standard InChI is InChI=1S/C59H48N2O/c1-38-18-8-5-3-4-6-11-25-47(38)54-31-28-39(2)58(61-59(60-54)40-19-9-7-10-20-40)53-35-46(37-56-57(53)52-34-43-23-14-15-24-44(43)36-55(52)62-56)48-30-29-45-32-41-21-12-13-22-42(41)33-51(45)50-27-17-16-26-49(48)50/h3,5-27,31-39,48H,4,28-30H2,1-2H3/b5-3-,11-6-,18-8-,47-25+,54-31+,60-59-,61-58+. The number of amidine groups is 1. The molecule has 2 aliphatic carbocycles.